The van der Waals surface area contributed by atoms with Crippen molar-refractivity contribution in [2.75, 3.05) is 25.5 Å². The number of amides is 2. The summed E-state index contributed by atoms with van der Waals surface area (Å²) in [5.41, 5.74) is 2.92. The maximum Gasteiger partial charge on any atom is 0.408 e. The molecule has 2 amide bonds. The highest BCUT2D eigenvalue weighted by Crippen LogP contribution is 2.32. The number of thioether (sulfide) groups is 1. The lowest BCUT2D eigenvalue weighted by Gasteiger charge is -2.19. The summed E-state index contributed by atoms with van der Waals surface area (Å²) in [5.74, 6) is 0.832. The van der Waals surface area contributed by atoms with Gasteiger partial charge in [0.15, 0.2) is 0 Å². The molecule has 10 heteroatoms. The van der Waals surface area contributed by atoms with Gasteiger partial charge in [0.25, 0.3) is 0 Å². The minimum Gasteiger partial charge on any atom is -0.444 e. The monoisotopic (exact) mass is 508 g/mol. The van der Waals surface area contributed by atoms with Crippen LogP contribution in [0.25, 0.3) is 0 Å². The molecule has 190 valence electrons. The zero-order valence-electron chi connectivity index (χ0n) is 21.6. The molecule has 2 rings (SSSR count). The maximum atomic E-state index is 12.0. The number of pyridine rings is 1. The lowest BCUT2D eigenvalue weighted by molar-refractivity contribution is -0.120. The first-order valence-electron chi connectivity index (χ1n) is 11.5. The van der Waals surface area contributed by atoms with Crippen molar-refractivity contribution < 1.29 is 14.3 Å². The van der Waals surface area contributed by atoms with E-state index < -0.39 is 11.7 Å². The minimum absolute atomic E-state index is 0.170. The highest BCUT2D eigenvalue weighted by atomic mass is 32.2. The number of nitrogens with zero attached hydrogens (tertiary/aromatic N) is 4. The van der Waals surface area contributed by atoms with E-state index in [0.29, 0.717) is 46.3 Å². The first kappa shape index (κ1) is 28.5. The Morgan fingerprint density at radius 2 is 1.67 bits per heavy atom. The smallest absolute Gasteiger partial charge is 0.408 e. The van der Waals surface area contributed by atoms with Crippen LogP contribution in [0.15, 0.2) is 29.3 Å². The molecular weight excluding hydrogens is 476 g/mol. The number of ether oxygens (including phenoxy) is 1. The van der Waals surface area contributed by atoms with Crippen molar-refractivity contribution in [3.8, 4) is 12.1 Å². The number of hydrogen-bond acceptors (Lipinski definition) is 8. The molecule has 0 aliphatic carbocycles. The summed E-state index contributed by atoms with van der Waals surface area (Å²) in [6.45, 7) is 7.34. The normalized spacial score (nSPS) is 10.7. The molecule has 0 aliphatic rings. The van der Waals surface area contributed by atoms with Crippen LogP contribution in [0.5, 0.6) is 0 Å². The fraction of sp³-hybridized carbons (Fsp3) is 0.423. The van der Waals surface area contributed by atoms with E-state index in [1.807, 2.05) is 45.3 Å². The van der Waals surface area contributed by atoms with Gasteiger partial charge in [-0.2, -0.15) is 10.5 Å². The van der Waals surface area contributed by atoms with Crippen LogP contribution < -0.4 is 15.5 Å². The van der Waals surface area contributed by atoms with E-state index in [-0.39, 0.29) is 12.5 Å². The van der Waals surface area contributed by atoms with Crippen LogP contribution in [-0.4, -0.2) is 43.2 Å². The number of aromatic nitrogens is 1. The van der Waals surface area contributed by atoms with E-state index in [9.17, 15) is 20.1 Å². The molecule has 1 heterocycles. The Labute approximate surface area is 216 Å². The molecule has 0 fully saturated rings. The summed E-state index contributed by atoms with van der Waals surface area (Å²) >= 11 is 1.45. The first-order chi connectivity index (χ1) is 17.0. The van der Waals surface area contributed by atoms with Gasteiger partial charge in [0.05, 0.1) is 11.1 Å². The molecule has 9 nitrogen and oxygen atoms in total. The fourth-order valence-corrected chi connectivity index (χ4v) is 4.21. The predicted octanol–water partition coefficient (Wildman–Crippen LogP) is 3.89. The summed E-state index contributed by atoms with van der Waals surface area (Å²) in [5, 5.41) is 25.1. The van der Waals surface area contributed by atoms with Crippen LogP contribution in [0.4, 0.5) is 10.6 Å². The highest BCUT2D eigenvalue weighted by molar-refractivity contribution is 7.98. The second-order valence-corrected chi connectivity index (χ2v) is 10.1. The average Bonchev–Trinajstić information content (AvgIpc) is 2.83. The third-order valence-corrected chi connectivity index (χ3v) is 5.98. The summed E-state index contributed by atoms with van der Waals surface area (Å²) in [6.07, 6.45) is -0.0734. The van der Waals surface area contributed by atoms with Crippen molar-refractivity contribution in [2.24, 2.45) is 0 Å². The SMILES string of the molecule is CCc1c(C#N)c(SCc2ccc(CNC(=O)CNC(=O)OC(C)(C)C)cc2)nc(N(C)C)c1C#N. The zero-order valence-corrected chi connectivity index (χ0v) is 22.4. The van der Waals surface area contributed by atoms with Crippen molar-refractivity contribution in [3.63, 3.8) is 0 Å². The van der Waals surface area contributed by atoms with Crippen LogP contribution in [0.3, 0.4) is 0 Å². The van der Waals surface area contributed by atoms with Gasteiger partial charge in [-0.1, -0.05) is 31.2 Å². The number of anilines is 1. The van der Waals surface area contributed by atoms with Gasteiger partial charge in [-0.15, -0.1) is 11.8 Å². The van der Waals surface area contributed by atoms with Gasteiger partial charge in [0, 0.05) is 26.4 Å². The molecule has 1 aromatic heterocycles. The highest BCUT2D eigenvalue weighted by Gasteiger charge is 2.20. The number of nitrogens with one attached hydrogen (secondary N) is 2. The van der Waals surface area contributed by atoms with Gasteiger partial charge in [-0.25, -0.2) is 9.78 Å². The van der Waals surface area contributed by atoms with Crippen LogP contribution in [-0.2, 0) is 28.2 Å². The van der Waals surface area contributed by atoms with Crippen molar-refractivity contribution in [1.29, 1.82) is 10.5 Å². The molecule has 0 atom stereocenters. The Bertz CT molecular complexity index is 1170. The Morgan fingerprint density at radius 3 is 2.19 bits per heavy atom. The van der Waals surface area contributed by atoms with Crippen molar-refractivity contribution in [1.82, 2.24) is 15.6 Å². The van der Waals surface area contributed by atoms with E-state index in [2.05, 4.69) is 27.8 Å². The molecule has 0 saturated heterocycles. The lowest BCUT2D eigenvalue weighted by atomic mass is 10.0. The van der Waals surface area contributed by atoms with Crippen molar-refractivity contribution in [2.45, 2.75) is 57.0 Å². The molecule has 0 saturated carbocycles. The topological polar surface area (TPSA) is 131 Å². The zero-order chi connectivity index (χ0) is 26.9. The number of alkyl carbamates (subject to hydrolysis) is 1. The molecule has 0 radical (unpaired) electrons. The average molecular weight is 509 g/mol. The minimum atomic E-state index is -0.639. The molecular formula is C26H32N6O3S. The Morgan fingerprint density at radius 1 is 1.06 bits per heavy atom. The van der Waals surface area contributed by atoms with E-state index in [0.717, 1.165) is 11.1 Å². The number of benzene rings is 1. The summed E-state index contributed by atoms with van der Waals surface area (Å²) in [7, 11) is 3.66. The number of rotatable bonds is 9. The summed E-state index contributed by atoms with van der Waals surface area (Å²) in [6, 6.07) is 12.2. The van der Waals surface area contributed by atoms with Crippen LogP contribution in [0, 0.1) is 22.7 Å². The van der Waals surface area contributed by atoms with Gasteiger partial charge in [-0.3, -0.25) is 4.79 Å². The molecule has 2 N–H and O–H groups in total. The van der Waals surface area contributed by atoms with E-state index in [4.69, 9.17) is 4.74 Å². The summed E-state index contributed by atoms with van der Waals surface area (Å²) < 4.78 is 5.11. The third-order valence-electron chi connectivity index (χ3n) is 4.93. The molecule has 0 aliphatic heterocycles. The van der Waals surface area contributed by atoms with E-state index in [1.165, 1.54) is 11.8 Å². The Balaban J connectivity index is 1.98. The quantitative estimate of drug-likeness (QED) is 0.488. The Kier molecular flexibility index (Phi) is 10.1. The van der Waals surface area contributed by atoms with Gasteiger partial charge < -0.3 is 20.3 Å². The van der Waals surface area contributed by atoms with Crippen molar-refractivity contribution >= 4 is 29.6 Å². The third kappa shape index (κ3) is 8.17. The van der Waals surface area contributed by atoms with Crippen LogP contribution in [0.1, 0.15) is 55.5 Å². The maximum absolute atomic E-state index is 12.0. The Hall–Kier alpha value is -3.76. The van der Waals surface area contributed by atoms with Crippen molar-refractivity contribution in [3.05, 3.63) is 52.1 Å². The second-order valence-electron chi connectivity index (χ2n) is 9.18. The number of nitriles is 2. The van der Waals surface area contributed by atoms with Crippen LogP contribution in [0.2, 0.25) is 0 Å². The van der Waals surface area contributed by atoms with Gasteiger partial charge in [0.2, 0.25) is 5.91 Å². The van der Waals surface area contributed by atoms with E-state index in [1.54, 1.807) is 25.7 Å². The van der Waals surface area contributed by atoms with Gasteiger partial charge in [0.1, 0.15) is 35.1 Å². The molecule has 0 unspecified atom stereocenters. The van der Waals surface area contributed by atoms with Crippen LogP contribution >= 0.6 is 11.8 Å². The number of hydrogen-bond donors (Lipinski definition) is 2. The van der Waals surface area contributed by atoms with Gasteiger partial charge in [-0.05, 0) is 43.9 Å². The summed E-state index contributed by atoms with van der Waals surface area (Å²) in [4.78, 5) is 30.0. The molecule has 0 spiro atoms. The van der Waals surface area contributed by atoms with E-state index >= 15 is 0 Å². The number of carbonyl (C=O) groups excluding carboxylic acids is 2. The predicted molar refractivity (Wildman–Crippen MR) is 139 cm³/mol. The fourth-order valence-electron chi connectivity index (χ4n) is 3.25. The standard InChI is InChI=1S/C26H32N6O3S/c1-7-19-20(12-27)23(32(5)6)31-24(21(19)13-28)36-16-18-10-8-17(9-11-18)14-29-22(33)15-30-25(34)35-26(2,3)4/h8-11H,7,14-16H2,1-6H3,(H,29,33)(H,30,34). The second kappa shape index (κ2) is 12.8. The lowest BCUT2D eigenvalue weighted by Crippen LogP contribution is -2.39. The largest absolute Gasteiger partial charge is 0.444 e. The van der Waals surface area contributed by atoms with Gasteiger partial charge >= 0.3 is 6.09 Å². The molecule has 0 bridgehead atoms. The molecule has 36 heavy (non-hydrogen) atoms. The first-order valence-corrected chi connectivity index (χ1v) is 12.5. The molecule has 2 aromatic rings. The molecule has 1 aromatic carbocycles. The number of carbonyl (C=O) groups is 2.